The van der Waals surface area contributed by atoms with E-state index in [9.17, 15) is 22.4 Å². The second-order valence-corrected chi connectivity index (χ2v) is 9.56. The molecule has 0 aliphatic rings. The Kier molecular flexibility index (Phi) is 8.91. The molecule has 0 bridgehead atoms. The number of nitrogens with zero attached hydrogens (tertiary/aromatic N) is 1. The Hall–Kier alpha value is -2.78. The summed E-state index contributed by atoms with van der Waals surface area (Å²) >= 11 is 0. The molecule has 174 valence electrons. The van der Waals surface area contributed by atoms with E-state index in [1.54, 1.807) is 45.9 Å². The Morgan fingerprint density at radius 1 is 1.03 bits per heavy atom. The van der Waals surface area contributed by atoms with E-state index in [0.29, 0.717) is 18.7 Å². The van der Waals surface area contributed by atoms with Crippen molar-refractivity contribution in [2.75, 3.05) is 13.1 Å². The van der Waals surface area contributed by atoms with Crippen molar-refractivity contribution in [3.05, 3.63) is 65.5 Å². The van der Waals surface area contributed by atoms with Gasteiger partial charge in [-0.15, -0.1) is 0 Å². The van der Waals surface area contributed by atoms with E-state index in [-0.39, 0.29) is 22.9 Å². The van der Waals surface area contributed by atoms with Crippen LogP contribution < -0.4 is 10.6 Å². The molecule has 32 heavy (non-hydrogen) atoms. The normalized spacial score (nSPS) is 12.6. The van der Waals surface area contributed by atoms with Crippen molar-refractivity contribution in [1.29, 1.82) is 0 Å². The zero-order valence-electron chi connectivity index (χ0n) is 18.8. The molecule has 9 heteroatoms. The lowest BCUT2D eigenvalue weighted by molar-refractivity contribution is -0.124. The molecule has 2 aromatic rings. The molecular formula is C23H30FN3O4S. The van der Waals surface area contributed by atoms with Gasteiger partial charge in [0, 0.05) is 30.8 Å². The smallest absolute Gasteiger partial charge is 0.251 e. The molecule has 1 atom stereocenters. The molecule has 0 heterocycles. The quantitative estimate of drug-likeness (QED) is 0.566. The van der Waals surface area contributed by atoms with E-state index >= 15 is 0 Å². The maximum atomic E-state index is 13.8. The molecule has 2 N–H and O–H groups in total. The summed E-state index contributed by atoms with van der Waals surface area (Å²) in [6.07, 6.45) is 0. The van der Waals surface area contributed by atoms with Gasteiger partial charge in [-0.3, -0.25) is 9.59 Å². The first-order chi connectivity index (χ1) is 15.1. The molecular weight excluding hydrogens is 433 g/mol. The summed E-state index contributed by atoms with van der Waals surface area (Å²) in [7, 11) is -3.72. The standard InChI is InChI=1S/C23H30FN3O4S/c1-5-27(6-2)32(30,31)19-12-9-11-17(14-19)22(28)26-21(16(3)4)23(29)25-15-18-10-7-8-13-20(18)24/h7-14,16,21H,5-6,15H2,1-4H3,(H,25,29)(H,26,28)/t21-/m1/s1. The van der Waals surface area contributed by atoms with Crippen LogP contribution in [0.15, 0.2) is 53.4 Å². The third kappa shape index (κ3) is 6.14. The summed E-state index contributed by atoms with van der Waals surface area (Å²) in [4.78, 5) is 25.5. The summed E-state index contributed by atoms with van der Waals surface area (Å²) in [6, 6.07) is 11.0. The van der Waals surface area contributed by atoms with Gasteiger partial charge in [0.1, 0.15) is 11.9 Å². The first-order valence-electron chi connectivity index (χ1n) is 10.5. The monoisotopic (exact) mass is 463 g/mol. The van der Waals surface area contributed by atoms with Gasteiger partial charge in [0.15, 0.2) is 0 Å². The Balaban J connectivity index is 2.16. The lowest BCUT2D eigenvalue weighted by atomic mass is 10.0. The average Bonchev–Trinajstić information content (AvgIpc) is 2.77. The lowest BCUT2D eigenvalue weighted by Gasteiger charge is -2.22. The first-order valence-corrected chi connectivity index (χ1v) is 12.0. The highest BCUT2D eigenvalue weighted by Gasteiger charge is 2.26. The van der Waals surface area contributed by atoms with E-state index in [1.165, 1.54) is 34.6 Å². The second kappa shape index (κ2) is 11.2. The number of rotatable bonds is 10. The molecule has 0 saturated heterocycles. The van der Waals surface area contributed by atoms with Crippen LogP contribution in [0.25, 0.3) is 0 Å². The van der Waals surface area contributed by atoms with Crippen LogP contribution in [0.3, 0.4) is 0 Å². The van der Waals surface area contributed by atoms with E-state index in [0.717, 1.165) is 0 Å². The molecule has 0 aliphatic carbocycles. The van der Waals surface area contributed by atoms with Crippen LogP contribution in [-0.2, 0) is 21.4 Å². The zero-order chi connectivity index (χ0) is 23.9. The Morgan fingerprint density at radius 3 is 2.28 bits per heavy atom. The minimum absolute atomic E-state index is 0.0117. The molecule has 0 radical (unpaired) electrons. The van der Waals surface area contributed by atoms with Gasteiger partial charge in [-0.1, -0.05) is 52.0 Å². The number of nitrogens with one attached hydrogen (secondary N) is 2. The van der Waals surface area contributed by atoms with Crippen molar-refractivity contribution >= 4 is 21.8 Å². The largest absolute Gasteiger partial charge is 0.350 e. The number of carbonyl (C=O) groups is 2. The second-order valence-electron chi connectivity index (χ2n) is 7.62. The minimum atomic E-state index is -3.72. The molecule has 2 aromatic carbocycles. The Bertz CT molecular complexity index is 1050. The van der Waals surface area contributed by atoms with Gasteiger partial charge >= 0.3 is 0 Å². The molecule has 0 spiro atoms. The SMILES string of the molecule is CCN(CC)S(=O)(=O)c1cccc(C(=O)N[C@@H](C(=O)NCc2ccccc2F)C(C)C)c1. The first kappa shape index (κ1) is 25.5. The number of benzene rings is 2. The molecule has 2 amide bonds. The predicted octanol–water partition coefficient (Wildman–Crippen LogP) is 2.93. The molecule has 2 rings (SSSR count). The van der Waals surface area contributed by atoms with E-state index in [2.05, 4.69) is 10.6 Å². The van der Waals surface area contributed by atoms with Gasteiger partial charge < -0.3 is 10.6 Å². The van der Waals surface area contributed by atoms with Crippen molar-refractivity contribution in [2.24, 2.45) is 5.92 Å². The number of sulfonamides is 1. The lowest BCUT2D eigenvalue weighted by Crippen LogP contribution is -2.49. The van der Waals surface area contributed by atoms with Crippen LogP contribution in [0.1, 0.15) is 43.6 Å². The predicted molar refractivity (Wildman–Crippen MR) is 121 cm³/mol. The van der Waals surface area contributed by atoms with Crippen LogP contribution in [0.2, 0.25) is 0 Å². The highest BCUT2D eigenvalue weighted by atomic mass is 32.2. The van der Waals surface area contributed by atoms with Crippen molar-refractivity contribution in [3.63, 3.8) is 0 Å². The van der Waals surface area contributed by atoms with Crippen LogP contribution in [-0.4, -0.2) is 43.7 Å². The maximum Gasteiger partial charge on any atom is 0.251 e. The van der Waals surface area contributed by atoms with Gasteiger partial charge in [-0.25, -0.2) is 12.8 Å². The minimum Gasteiger partial charge on any atom is -0.350 e. The fraction of sp³-hybridized carbons (Fsp3) is 0.391. The van der Waals surface area contributed by atoms with Crippen molar-refractivity contribution < 1.29 is 22.4 Å². The van der Waals surface area contributed by atoms with Gasteiger partial charge in [0.2, 0.25) is 15.9 Å². The van der Waals surface area contributed by atoms with Crippen LogP contribution in [0, 0.1) is 11.7 Å². The highest BCUT2D eigenvalue weighted by molar-refractivity contribution is 7.89. The Morgan fingerprint density at radius 2 is 1.69 bits per heavy atom. The molecule has 0 aliphatic heterocycles. The molecule has 7 nitrogen and oxygen atoms in total. The summed E-state index contributed by atoms with van der Waals surface area (Å²) in [5.41, 5.74) is 0.467. The molecule has 0 aromatic heterocycles. The molecule has 0 fully saturated rings. The third-order valence-corrected chi connectivity index (χ3v) is 7.13. The summed E-state index contributed by atoms with van der Waals surface area (Å²) in [5.74, 6) is -1.70. The number of halogens is 1. The van der Waals surface area contributed by atoms with Crippen molar-refractivity contribution in [2.45, 2.75) is 45.2 Å². The zero-order valence-corrected chi connectivity index (χ0v) is 19.6. The number of amides is 2. The Labute approximate surface area is 189 Å². The molecule has 0 unspecified atom stereocenters. The topological polar surface area (TPSA) is 95.6 Å². The van der Waals surface area contributed by atoms with Crippen molar-refractivity contribution in [1.82, 2.24) is 14.9 Å². The van der Waals surface area contributed by atoms with E-state index in [4.69, 9.17) is 0 Å². The van der Waals surface area contributed by atoms with Crippen molar-refractivity contribution in [3.8, 4) is 0 Å². The average molecular weight is 464 g/mol. The van der Waals surface area contributed by atoms with Crippen LogP contribution in [0.5, 0.6) is 0 Å². The highest BCUT2D eigenvalue weighted by Crippen LogP contribution is 2.17. The summed E-state index contributed by atoms with van der Waals surface area (Å²) < 4.78 is 40.6. The van der Waals surface area contributed by atoms with Gasteiger partial charge in [0.25, 0.3) is 5.91 Å². The summed E-state index contributed by atoms with van der Waals surface area (Å²) in [6.45, 7) is 7.64. The van der Waals surface area contributed by atoms with Gasteiger partial charge in [-0.2, -0.15) is 4.31 Å². The van der Waals surface area contributed by atoms with E-state index in [1.807, 2.05) is 0 Å². The summed E-state index contributed by atoms with van der Waals surface area (Å²) in [5, 5.41) is 5.31. The fourth-order valence-corrected chi connectivity index (χ4v) is 4.71. The van der Waals surface area contributed by atoms with Gasteiger partial charge in [0.05, 0.1) is 4.90 Å². The van der Waals surface area contributed by atoms with Crippen LogP contribution >= 0.6 is 0 Å². The fourth-order valence-electron chi connectivity index (χ4n) is 3.20. The number of hydrogen-bond donors (Lipinski definition) is 2. The molecule has 0 saturated carbocycles. The van der Waals surface area contributed by atoms with Crippen LogP contribution in [0.4, 0.5) is 4.39 Å². The van der Waals surface area contributed by atoms with Gasteiger partial charge in [-0.05, 0) is 30.2 Å². The number of carbonyl (C=O) groups excluding carboxylic acids is 2. The maximum absolute atomic E-state index is 13.8. The van der Waals surface area contributed by atoms with E-state index < -0.39 is 33.7 Å². The number of hydrogen-bond acceptors (Lipinski definition) is 4. The third-order valence-electron chi connectivity index (χ3n) is 5.09.